The highest BCUT2D eigenvalue weighted by molar-refractivity contribution is 9.10. The van der Waals surface area contributed by atoms with Gasteiger partial charge in [0, 0.05) is 21.1 Å². The SMILES string of the molecule is O=S(=O)(Nc1ccc(-c2csnn2)cc1)c1ccc(Br)cc1Cl. The minimum Gasteiger partial charge on any atom is -0.280 e. The lowest BCUT2D eigenvalue weighted by atomic mass is 10.2. The molecule has 1 aromatic heterocycles. The second-order valence-electron chi connectivity index (χ2n) is 4.55. The highest BCUT2D eigenvalue weighted by Gasteiger charge is 2.18. The van der Waals surface area contributed by atoms with Crippen LogP contribution < -0.4 is 4.72 Å². The molecule has 3 aromatic rings. The van der Waals surface area contributed by atoms with E-state index in [2.05, 4.69) is 30.2 Å². The van der Waals surface area contributed by atoms with Crippen LogP contribution in [0.5, 0.6) is 0 Å². The first-order chi connectivity index (χ1) is 11.0. The zero-order valence-corrected chi connectivity index (χ0v) is 15.4. The Hall–Kier alpha value is -1.48. The molecule has 0 aliphatic heterocycles. The minimum absolute atomic E-state index is 0.0233. The maximum Gasteiger partial charge on any atom is 0.263 e. The van der Waals surface area contributed by atoms with Crippen molar-refractivity contribution in [2.45, 2.75) is 4.90 Å². The van der Waals surface area contributed by atoms with Crippen LogP contribution in [0.25, 0.3) is 11.3 Å². The van der Waals surface area contributed by atoms with Gasteiger partial charge in [-0.2, -0.15) is 0 Å². The number of benzene rings is 2. The van der Waals surface area contributed by atoms with Crippen LogP contribution in [-0.4, -0.2) is 18.0 Å². The number of rotatable bonds is 4. The minimum atomic E-state index is -3.76. The summed E-state index contributed by atoms with van der Waals surface area (Å²) in [6.45, 7) is 0. The maximum absolute atomic E-state index is 12.4. The summed E-state index contributed by atoms with van der Waals surface area (Å²) in [6, 6.07) is 11.5. The van der Waals surface area contributed by atoms with Gasteiger partial charge in [0.15, 0.2) is 0 Å². The van der Waals surface area contributed by atoms with Crippen LogP contribution in [0.3, 0.4) is 0 Å². The normalized spacial score (nSPS) is 11.4. The van der Waals surface area contributed by atoms with Gasteiger partial charge in [-0.25, -0.2) is 8.42 Å². The van der Waals surface area contributed by atoms with Gasteiger partial charge in [0.2, 0.25) is 0 Å². The average molecular weight is 431 g/mol. The van der Waals surface area contributed by atoms with Crippen LogP contribution in [0.4, 0.5) is 5.69 Å². The van der Waals surface area contributed by atoms with Crippen molar-refractivity contribution in [1.82, 2.24) is 9.59 Å². The topological polar surface area (TPSA) is 72.0 Å². The highest BCUT2D eigenvalue weighted by atomic mass is 79.9. The van der Waals surface area contributed by atoms with Crippen LogP contribution in [-0.2, 0) is 10.0 Å². The third kappa shape index (κ3) is 3.72. The van der Waals surface area contributed by atoms with E-state index in [1.165, 1.54) is 23.7 Å². The summed E-state index contributed by atoms with van der Waals surface area (Å²) in [6.07, 6.45) is 0. The van der Waals surface area contributed by atoms with Crippen LogP contribution in [0.15, 0.2) is 57.2 Å². The molecule has 0 bridgehead atoms. The Morgan fingerprint density at radius 2 is 1.87 bits per heavy atom. The molecule has 0 aliphatic rings. The van der Waals surface area contributed by atoms with Gasteiger partial charge in [0.05, 0.1) is 5.02 Å². The molecule has 1 heterocycles. The predicted octanol–water partition coefficient (Wildman–Crippen LogP) is 4.42. The summed E-state index contributed by atoms with van der Waals surface area (Å²) in [5, 5.41) is 5.94. The summed E-state index contributed by atoms with van der Waals surface area (Å²) in [5.41, 5.74) is 2.06. The standard InChI is InChI=1S/C14H9BrClN3O2S2/c15-10-3-6-14(12(16)7-10)23(20,21)18-11-4-1-9(2-5-11)13-8-22-19-17-13/h1-8,18H. The van der Waals surface area contributed by atoms with Gasteiger partial charge in [-0.1, -0.05) is 44.2 Å². The molecule has 1 N–H and O–H groups in total. The molecule has 0 saturated carbocycles. The van der Waals surface area contributed by atoms with Crippen LogP contribution in [0.1, 0.15) is 0 Å². The van der Waals surface area contributed by atoms with Gasteiger partial charge in [-0.3, -0.25) is 4.72 Å². The molecular formula is C14H9BrClN3O2S2. The molecule has 0 saturated heterocycles. The van der Waals surface area contributed by atoms with Gasteiger partial charge in [-0.15, -0.1) is 5.10 Å². The lowest BCUT2D eigenvalue weighted by Gasteiger charge is -2.10. The van der Waals surface area contributed by atoms with Gasteiger partial charge in [0.25, 0.3) is 10.0 Å². The molecule has 0 spiro atoms. The van der Waals surface area contributed by atoms with E-state index >= 15 is 0 Å². The Kier molecular flexibility index (Phi) is 4.67. The molecule has 23 heavy (non-hydrogen) atoms. The van der Waals surface area contributed by atoms with Crippen molar-refractivity contribution >= 4 is 54.8 Å². The first kappa shape index (κ1) is 16.4. The fourth-order valence-corrected chi connectivity index (χ4v) is 4.47. The van der Waals surface area contributed by atoms with Crippen molar-refractivity contribution in [2.75, 3.05) is 4.72 Å². The average Bonchev–Trinajstić information content (AvgIpc) is 3.01. The molecule has 9 heteroatoms. The molecule has 118 valence electrons. The van der Waals surface area contributed by atoms with E-state index in [1.54, 1.807) is 30.3 Å². The Balaban J connectivity index is 1.86. The van der Waals surface area contributed by atoms with E-state index in [1.807, 2.05) is 5.38 Å². The number of anilines is 1. The molecule has 5 nitrogen and oxygen atoms in total. The molecule has 0 radical (unpaired) electrons. The molecule has 0 amide bonds. The van der Waals surface area contributed by atoms with Crippen molar-refractivity contribution in [3.8, 4) is 11.3 Å². The van der Waals surface area contributed by atoms with Gasteiger partial charge in [0.1, 0.15) is 10.6 Å². The Bertz CT molecular complexity index is 929. The molecule has 0 fully saturated rings. The summed E-state index contributed by atoms with van der Waals surface area (Å²) >= 11 is 10.5. The summed E-state index contributed by atoms with van der Waals surface area (Å²) in [5.74, 6) is 0. The lowest BCUT2D eigenvalue weighted by Crippen LogP contribution is -2.13. The quantitative estimate of drug-likeness (QED) is 0.665. The second kappa shape index (κ2) is 6.56. The molecule has 0 atom stereocenters. The van der Waals surface area contributed by atoms with E-state index < -0.39 is 10.0 Å². The predicted molar refractivity (Wildman–Crippen MR) is 95.3 cm³/mol. The van der Waals surface area contributed by atoms with Crippen molar-refractivity contribution in [2.24, 2.45) is 0 Å². The number of nitrogens with one attached hydrogen (secondary N) is 1. The number of nitrogens with zero attached hydrogens (tertiary/aromatic N) is 2. The van der Waals surface area contributed by atoms with Crippen molar-refractivity contribution < 1.29 is 8.42 Å². The van der Waals surface area contributed by atoms with Gasteiger partial charge in [-0.05, 0) is 41.9 Å². The first-order valence-corrected chi connectivity index (χ1v) is 9.80. The third-order valence-electron chi connectivity index (χ3n) is 2.98. The monoisotopic (exact) mass is 429 g/mol. The summed E-state index contributed by atoms with van der Waals surface area (Å²) < 4.78 is 31.8. The van der Waals surface area contributed by atoms with E-state index in [-0.39, 0.29) is 9.92 Å². The molecule has 2 aromatic carbocycles. The van der Waals surface area contributed by atoms with E-state index in [9.17, 15) is 8.42 Å². The van der Waals surface area contributed by atoms with Gasteiger partial charge >= 0.3 is 0 Å². The number of halogens is 2. The molecular weight excluding hydrogens is 422 g/mol. The Labute approximate surface area is 150 Å². The van der Waals surface area contributed by atoms with E-state index in [4.69, 9.17) is 11.6 Å². The molecule has 0 unspecified atom stereocenters. The fourth-order valence-electron chi connectivity index (χ4n) is 1.90. The summed E-state index contributed by atoms with van der Waals surface area (Å²) in [7, 11) is -3.76. The van der Waals surface area contributed by atoms with Crippen LogP contribution >= 0.6 is 39.1 Å². The summed E-state index contributed by atoms with van der Waals surface area (Å²) in [4.78, 5) is 0.0233. The number of sulfonamides is 1. The Morgan fingerprint density at radius 1 is 1.13 bits per heavy atom. The van der Waals surface area contributed by atoms with Crippen LogP contribution in [0.2, 0.25) is 5.02 Å². The molecule has 0 aliphatic carbocycles. The van der Waals surface area contributed by atoms with Crippen molar-refractivity contribution in [3.63, 3.8) is 0 Å². The van der Waals surface area contributed by atoms with Crippen molar-refractivity contribution in [3.05, 3.63) is 57.3 Å². The fraction of sp³-hybridized carbons (Fsp3) is 0. The maximum atomic E-state index is 12.4. The van der Waals surface area contributed by atoms with Gasteiger partial charge < -0.3 is 0 Å². The molecule has 3 rings (SSSR count). The van der Waals surface area contributed by atoms with E-state index in [0.717, 1.165) is 11.3 Å². The Morgan fingerprint density at radius 3 is 2.48 bits per heavy atom. The largest absolute Gasteiger partial charge is 0.280 e. The smallest absolute Gasteiger partial charge is 0.263 e. The lowest BCUT2D eigenvalue weighted by molar-refractivity contribution is 0.601. The number of hydrogen-bond acceptors (Lipinski definition) is 5. The number of aromatic nitrogens is 2. The number of hydrogen-bond donors (Lipinski definition) is 1. The second-order valence-corrected chi connectivity index (χ2v) is 8.13. The van der Waals surface area contributed by atoms with Crippen LogP contribution in [0, 0.1) is 0 Å². The highest BCUT2D eigenvalue weighted by Crippen LogP contribution is 2.27. The van der Waals surface area contributed by atoms with E-state index in [0.29, 0.717) is 10.2 Å². The van der Waals surface area contributed by atoms with Crippen molar-refractivity contribution in [1.29, 1.82) is 0 Å². The zero-order chi connectivity index (χ0) is 16.4. The third-order valence-corrected chi connectivity index (χ3v) is 5.84. The first-order valence-electron chi connectivity index (χ1n) is 6.31. The zero-order valence-electron chi connectivity index (χ0n) is 11.4.